The topological polar surface area (TPSA) is 119 Å². The van der Waals surface area contributed by atoms with Gasteiger partial charge in [0.1, 0.15) is 34.9 Å². The average Bonchev–Trinajstić information content (AvgIpc) is 3.17. The first-order chi connectivity index (χ1) is 26.9. The van der Waals surface area contributed by atoms with Crippen molar-refractivity contribution in [3.8, 4) is 0 Å². The van der Waals surface area contributed by atoms with Crippen LogP contribution in [0.2, 0.25) is 0 Å². The Morgan fingerprint density at radius 3 is 2.09 bits per heavy atom. The van der Waals surface area contributed by atoms with Gasteiger partial charge in [0.05, 0.1) is 77.6 Å². The molecule has 0 atom stereocenters. The van der Waals surface area contributed by atoms with E-state index in [1.165, 1.54) is 12.1 Å². The van der Waals surface area contributed by atoms with E-state index in [1.807, 2.05) is 24.8 Å². The molecule has 0 bridgehead atoms. The third-order valence-electron chi connectivity index (χ3n) is 10.1. The number of amides is 2. The molecule has 2 amide bonds. The number of pyridine rings is 3. The number of hydrogen-bond donors (Lipinski definition) is 2. The second-order valence-corrected chi connectivity index (χ2v) is 14.5. The van der Waals surface area contributed by atoms with Gasteiger partial charge in [0.25, 0.3) is 0 Å². The van der Waals surface area contributed by atoms with Crippen LogP contribution in [0.4, 0.5) is 46.3 Å². The number of carbonyl (C=O) groups is 2. The van der Waals surface area contributed by atoms with Gasteiger partial charge in [-0.1, -0.05) is 0 Å². The molecular weight excluding hydrogens is 798 g/mol. The van der Waals surface area contributed by atoms with Gasteiger partial charge in [-0.05, 0) is 42.8 Å². The van der Waals surface area contributed by atoms with Crippen molar-refractivity contribution in [2.45, 2.75) is 20.8 Å². The Kier molecular flexibility index (Phi) is 11.4. The van der Waals surface area contributed by atoms with E-state index < -0.39 is 23.3 Å². The Balaban J connectivity index is 0.000000195. The SMILES string of the molecule is CCN1CCN(c2nc3cc(F)cc(F)c3c(Nc3cncc(N4CCOCC4)c3)c2C)CC1=O.Cc1c(N2CCNC(=O)C2)nc2cc(F)cc(F)c2c1Br. The number of benzene rings is 2. The standard InChI is InChI=1S/C25H28F2N6O2.C14H12BrF2N3O/c1-3-31-4-5-33(15-22(31)34)25-16(2)24(23-20(27)10-17(26)11-21(23)30-25)29-18-12-19(14-28-13-18)32-6-8-35-9-7-32;1-7-13(15)12-9(17)4-8(16)5-10(12)19-14(7)20-3-2-18-11(21)6-20/h10-14H,3-9,15H2,1-2H3,(H,29,30);4-5H,2-3,6H2,1H3,(H,18,21). The molecule has 8 rings (SSSR count). The second kappa shape index (κ2) is 16.4. The molecule has 3 aliphatic heterocycles. The van der Waals surface area contributed by atoms with E-state index in [9.17, 15) is 22.8 Å². The Morgan fingerprint density at radius 1 is 0.786 bits per heavy atom. The largest absolute Gasteiger partial charge is 0.378 e. The number of nitrogens with zero attached hydrogens (tertiary/aromatic N) is 7. The van der Waals surface area contributed by atoms with E-state index in [-0.39, 0.29) is 46.7 Å². The monoisotopic (exact) mass is 837 g/mol. The highest BCUT2D eigenvalue weighted by Crippen LogP contribution is 2.38. The molecule has 3 aromatic heterocycles. The molecule has 6 heterocycles. The van der Waals surface area contributed by atoms with Crippen molar-refractivity contribution in [1.82, 2.24) is 25.2 Å². The summed E-state index contributed by atoms with van der Waals surface area (Å²) in [6.45, 7) is 11.7. The molecule has 0 aliphatic carbocycles. The molecule has 0 saturated carbocycles. The lowest BCUT2D eigenvalue weighted by atomic mass is 10.1. The maximum absolute atomic E-state index is 15.1. The number of piperazine rings is 2. The summed E-state index contributed by atoms with van der Waals surface area (Å²) in [4.78, 5) is 45.0. The van der Waals surface area contributed by atoms with Crippen molar-refractivity contribution in [1.29, 1.82) is 0 Å². The van der Waals surface area contributed by atoms with Gasteiger partial charge in [-0.15, -0.1) is 0 Å². The number of halogens is 5. The first-order valence-electron chi connectivity index (χ1n) is 18.2. The zero-order valence-corrected chi connectivity index (χ0v) is 32.7. The van der Waals surface area contributed by atoms with Gasteiger partial charge in [0.2, 0.25) is 11.8 Å². The number of anilines is 5. The van der Waals surface area contributed by atoms with Crippen LogP contribution in [0.5, 0.6) is 0 Å². The van der Waals surface area contributed by atoms with Crippen LogP contribution in [-0.4, -0.2) is 104 Å². The van der Waals surface area contributed by atoms with Gasteiger partial charge in [0, 0.05) is 85.7 Å². The van der Waals surface area contributed by atoms with Gasteiger partial charge in [-0.2, -0.15) is 0 Å². The third-order valence-corrected chi connectivity index (χ3v) is 11.1. The molecular formula is C39H40BrF4N9O3. The third kappa shape index (κ3) is 8.00. The molecule has 17 heteroatoms. The summed E-state index contributed by atoms with van der Waals surface area (Å²) < 4.78 is 62.5. The zero-order valence-electron chi connectivity index (χ0n) is 31.1. The van der Waals surface area contributed by atoms with E-state index in [1.54, 1.807) is 29.1 Å². The molecule has 3 saturated heterocycles. The Labute approximate surface area is 329 Å². The molecule has 3 fully saturated rings. The van der Waals surface area contributed by atoms with Crippen LogP contribution in [0.25, 0.3) is 21.8 Å². The maximum Gasteiger partial charge on any atom is 0.242 e. The molecule has 0 unspecified atom stereocenters. The van der Waals surface area contributed by atoms with E-state index in [2.05, 4.69) is 46.4 Å². The smallest absolute Gasteiger partial charge is 0.242 e. The second-order valence-electron chi connectivity index (χ2n) is 13.7. The number of carbonyl (C=O) groups excluding carboxylic acids is 2. The highest BCUT2D eigenvalue weighted by atomic mass is 79.9. The predicted octanol–water partition coefficient (Wildman–Crippen LogP) is 5.99. The molecule has 5 aromatic rings. The summed E-state index contributed by atoms with van der Waals surface area (Å²) in [5, 5.41) is 6.50. The maximum atomic E-state index is 15.1. The minimum Gasteiger partial charge on any atom is -0.378 e. The number of rotatable bonds is 6. The predicted molar refractivity (Wildman–Crippen MR) is 211 cm³/mol. The molecule has 294 valence electrons. The van der Waals surface area contributed by atoms with Crippen LogP contribution < -0.4 is 25.3 Å². The number of morpholine rings is 1. The first kappa shape index (κ1) is 39.0. The van der Waals surface area contributed by atoms with Crippen molar-refractivity contribution in [2.75, 3.05) is 92.1 Å². The fourth-order valence-corrected chi connectivity index (χ4v) is 7.76. The minimum absolute atomic E-state index is 0.00221. The summed E-state index contributed by atoms with van der Waals surface area (Å²) >= 11 is 3.36. The number of aromatic nitrogens is 3. The summed E-state index contributed by atoms with van der Waals surface area (Å²) in [6.07, 6.45) is 3.45. The highest BCUT2D eigenvalue weighted by molar-refractivity contribution is 9.10. The van der Waals surface area contributed by atoms with Crippen LogP contribution in [0, 0.1) is 37.1 Å². The number of likely N-dealkylation sites (N-methyl/N-ethyl adjacent to an activating group) is 1. The van der Waals surface area contributed by atoms with Crippen molar-refractivity contribution in [2.24, 2.45) is 0 Å². The van der Waals surface area contributed by atoms with Crippen molar-refractivity contribution in [3.63, 3.8) is 0 Å². The summed E-state index contributed by atoms with van der Waals surface area (Å²) in [5.74, 6) is -1.73. The van der Waals surface area contributed by atoms with Crippen molar-refractivity contribution < 1.29 is 31.9 Å². The molecule has 12 nitrogen and oxygen atoms in total. The molecule has 2 N–H and O–H groups in total. The number of nitrogens with one attached hydrogen (secondary N) is 2. The Hall–Kier alpha value is -5.29. The fourth-order valence-electron chi connectivity index (χ4n) is 7.19. The van der Waals surface area contributed by atoms with E-state index in [4.69, 9.17) is 4.74 Å². The number of ether oxygens (including phenoxy) is 1. The summed E-state index contributed by atoms with van der Waals surface area (Å²) in [5.41, 5.74) is 3.90. The quantitative estimate of drug-likeness (QED) is 0.198. The molecule has 2 aromatic carbocycles. The van der Waals surface area contributed by atoms with Crippen LogP contribution in [0.1, 0.15) is 18.1 Å². The lowest BCUT2D eigenvalue weighted by Gasteiger charge is -2.35. The van der Waals surface area contributed by atoms with Gasteiger partial charge < -0.3 is 35.0 Å². The van der Waals surface area contributed by atoms with E-state index >= 15 is 4.39 Å². The van der Waals surface area contributed by atoms with Crippen molar-refractivity contribution >= 4 is 78.2 Å². The molecule has 0 radical (unpaired) electrons. The first-order valence-corrected chi connectivity index (χ1v) is 19.0. The van der Waals surface area contributed by atoms with Gasteiger partial charge in [0.15, 0.2) is 0 Å². The summed E-state index contributed by atoms with van der Waals surface area (Å²) in [6, 6.07) is 6.06. The lowest BCUT2D eigenvalue weighted by Crippen LogP contribution is -2.50. The normalized spacial score (nSPS) is 16.3. The highest BCUT2D eigenvalue weighted by Gasteiger charge is 2.28. The lowest BCUT2D eigenvalue weighted by molar-refractivity contribution is -0.130. The average molecular weight is 839 g/mol. The molecule has 0 spiro atoms. The van der Waals surface area contributed by atoms with Gasteiger partial charge in [-0.3, -0.25) is 14.6 Å². The fraction of sp³-hybridized carbons (Fsp3) is 0.359. The van der Waals surface area contributed by atoms with E-state index in [0.717, 1.165) is 36.5 Å². The Bertz CT molecular complexity index is 2330. The molecule has 56 heavy (non-hydrogen) atoms. The number of fused-ring (bicyclic) bond motifs is 2. The van der Waals surface area contributed by atoms with Crippen LogP contribution in [0.3, 0.4) is 0 Å². The minimum atomic E-state index is -0.703. The van der Waals surface area contributed by atoms with Crippen LogP contribution in [-0.2, 0) is 14.3 Å². The zero-order chi connectivity index (χ0) is 39.7. The van der Waals surface area contributed by atoms with Gasteiger partial charge >= 0.3 is 0 Å². The molecule has 3 aliphatic rings. The van der Waals surface area contributed by atoms with E-state index in [0.29, 0.717) is 79.0 Å². The Morgan fingerprint density at radius 2 is 1.43 bits per heavy atom. The summed E-state index contributed by atoms with van der Waals surface area (Å²) in [7, 11) is 0. The van der Waals surface area contributed by atoms with Gasteiger partial charge in [-0.25, -0.2) is 27.5 Å². The van der Waals surface area contributed by atoms with Crippen molar-refractivity contribution in [3.05, 3.63) is 81.6 Å². The number of hydrogen-bond acceptors (Lipinski definition) is 10. The van der Waals surface area contributed by atoms with Crippen LogP contribution in [0.15, 0.2) is 47.2 Å². The van der Waals surface area contributed by atoms with Crippen LogP contribution >= 0.6 is 15.9 Å².